The van der Waals surface area contributed by atoms with Gasteiger partial charge in [0.05, 0.1) is 16.7 Å². The smallest absolute Gasteiger partial charge is 0.319 e. The first-order valence-electron chi connectivity index (χ1n) is 7.86. The molecule has 122 valence electrons. The van der Waals surface area contributed by atoms with Gasteiger partial charge in [-0.3, -0.25) is 0 Å². The van der Waals surface area contributed by atoms with Crippen molar-refractivity contribution in [2.24, 2.45) is 0 Å². The predicted molar refractivity (Wildman–Crippen MR) is 95.5 cm³/mol. The molecule has 0 radical (unpaired) electrons. The molecular formula is C17H22N4OS. The van der Waals surface area contributed by atoms with Gasteiger partial charge in [-0.1, -0.05) is 0 Å². The van der Waals surface area contributed by atoms with Crippen LogP contribution in [-0.4, -0.2) is 24.6 Å². The Hall–Kier alpha value is -2.08. The van der Waals surface area contributed by atoms with Gasteiger partial charge in [-0.15, -0.1) is 11.3 Å². The lowest BCUT2D eigenvalue weighted by atomic mass is 10.0. The van der Waals surface area contributed by atoms with Crippen molar-refractivity contribution in [1.29, 1.82) is 0 Å². The fraction of sp³-hybridized carbons (Fsp3) is 0.412. The second-order valence-electron chi connectivity index (χ2n) is 5.98. The Morgan fingerprint density at radius 3 is 3.00 bits per heavy atom. The average Bonchev–Trinajstić information content (AvgIpc) is 2.94. The number of fused-ring (bicyclic) bond motifs is 1. The molecule has 0 saturated heterocycles. The van der Waals surface area contributed by atoms with Crippen molar-refractivity contribution in [2.45, 2.75) is 32.7 Å². The maximum absolute atomic E-state index is 12.2. The summed E-state index contributed by atoms with van der Waals surface area (Å²) >= 11 is 1.59. The Morgan fingerprint density at radius 2 is 2.26 bits per heavy atom. The zero-order chi connectivity index (χ0) is 16.4. The highest BCUT2D eigenvalue weighted by Crippen LogP contribution is 2.28. The number of nitrogens with one attached hydrogen (secondary N) is 2. The van der Waals surface area contributed by atoms with E-state index in [-0.39, 0.29) is 12.1 Å². The Morgan fingerprint density at radius 1 is 1.43 bits per heavy atom. The van der Waals surface area contributed by atoms with Crippen LogP contribution in [0, 0.1) is 6.92 Å². The molecule has 0 bridgehead atoms. The number of carbonyl (C=O) groups is 1. The van der Waals surface area contributed by atoms with Gasteiger partial charge < -0.3 is 15.5 Å². The van der Waals surface area contributed by atoms with E-state index in [2.05, 4.69) is 39.7 Å². The second kappa shape index (κ2) is 6.58. The topological polar surface area (TPSA) is 57.3 Å². The quantitative estimate of drug-likeness (QED) is 0.902. The maximum Gasteiger partial charge on any atom is 0.319 e. The summed E-state index contributed by atoms with van der Waals surface area (Å²) in [6.45, 7) is 4.99. The van der Waals surface area contributed by atoms with Gasteiger partial charge in [0.1, 0.15) is 0 Å². The lowest BCUT2D eigenvalue weighted by Gasteiger charge is -2.27. The molecule has 23 heavy (non-hydrogen) atoms. The van der Waals surface area contributed by atoms with Gasteiger partial charge >= 0.3 is 6.03 Å². The largest absolute Gasteiger partial charge is 0.374 e. The monoisotopic (exact) mass is 330 g/mol. The highest BCUT2D eigenvalue weighted by atomic mass is 32.1. The number of amides is 2. The summed E-state index contributed by atoms with van der Waals surface area (Å²) in [7, 11) is 2.11. The molecule has 1 aliphatic heterocycles. The maximum atomic E-state index is 12.2. The van der Waals surface area contributed by atoms with Crippen LogP contribution in [0.15, 0.2) is 23.6 Å². The van der Waals surface area contributed by atoms with E-state index in [9.17, 15) is 4.79 Å². The second-order valence-corrected chi connectivity index (χ2v) is 7.04. The summed E-state index contributed by atoms with van der Waals surface area (Å²) < 4.78 is 0. The third-order valence-electron chi connectivity index (χ3n) is 4.12. The number of rotatable bonds is 3. The lowest BCUT2D eigenvalue weighted by molar-refractivity contribution is 0.249. The number of anilines is 2. The van der Waals surface area contributed by atoms with E-state index in [0.29, 0.717) is 0 Å². The minimum Gasteiger partial charge on any atom is -0.374 e. The molecule has 3 rings (SSSR count). The van der Waals surface area contributed by atoms with Crippen LogP contribution in [0.3, 0.4) is 0 Å². The Labute approximate surface area is 140 Å². The van der Waals surface area contributed by atoms with Crippen LogP contribution in [-0.2, 0) is 6.42 Å². The molecule has 1 aliphatic rings. The summed E-state index contributed by atoms with van der Waals surface area (Å²) in [6, 6.07) is 5.80. The van der Waals surface area contributed by atoms with Crippen molar-refractivity contribution < 1.29 is 4.79 Å². The number of hydrogen-bond acceptors (Lipinski definition) is 4. The minimum absolute atomic E-state index is 0.108. The van der Waals surface area contributed by atoms with E-state index in [0.717, 1.165) is 35.8 Å². The van der Waals surface area contributed by atoms with Gasteiger partial charge in [0.15, 0.2) is 0 Å². The van der Waals surface area contributed by atoms with Gasteiger partial charge in [-0.05, 0) is 50.5 Å². The van der Waals surface area contributed by atoms with Crippen LogP contribution in [0.25, 0.3) is 0 Å². The van der Waals surface area contributed by atoms with Gasteiger partial charge in [-0.2, -0.15) is 0 Å². The van der Waals surface area contributed by atoms with E-state index < -0.39 is 0 Å². The fourth-order valence-corrected chi connectivity index (χ4v) is 3.59. The number of benzene rings is 1. The molecule has 1 atom stereocenters. The van der Waals surface area contributed by atoms with Crippen molar-refractivity contribution in [1.82, 2.24) is 10.3 Å². The molecule has 2 heterocycles. The number of aromatic nitrogens is 1. The molecule has 2 aromatic rings. The van der Waals surface area contributed by atoms with Crippen molar-refractivity contribution >= 4 is 28.7 Å². The normalized spacial score (nSPS) is 15.0. The van der Waals surface area contributed by atoms with Crippen LogP contribution in [0.4, 0.5) is 16.2 Å². The third-order valence-corrected chi connectivity index (χ3v) is 4.91. The lowest BCUT2D eigenvalue weighted by Crippen LogP contribution is -2.31. The van der Waals surface area contributed by atoms with Crippen molar-refractivity contribution in [3.63, 3.8) is 0 Å². The first-order chi connectivity index (χ1) is 11.0. The average molecular weight is 330 g/mol. The molecule has 6 heteroatoms. The molecule has 5 nitrogen and oxygen atoms in total. The molecule has 2 N–H and O–H groups in total. The predicted octanol–water partition coefficient (Wildman–Crippen LogP) is 3.72. The van der Waals surface area contributed by atoms with Gasteiger partial charge in [0.2, 0.25) is 0 Å². The third kappa shape index (κ3) is 3.64. The van der Waals surface area contributed by atoms with E-state index in [1.54, 1.807) is 11.3 Å². The van der Waals surface area contributed by atoms with E-state index in [1.165, 1.54) is 11.3 Å². The van der Waals surface area contributed by atoms with Gasteiger partial charge in [-0.25, -0.2) is 9.78 Å². The van der Waals surface area contributed by atoms with Crippen LogP contribution >= 0.6 is 11.3 Å². The van der Waals surface area contributed by atoms with E-state index in [4.69, 9.17) is 0 Å². The van der Waals surface area contributed by atoms with Crippen LogP contribution < -0.4 is 15.5 Å². The van der Waals surface area contributed by atoms with Gasteiger partial charge in [0, 0.05) is 30.3 Å². The number of aryl methyl sites for hydroxylation is 2. The number of nitrogens with zero attached hydrogens (tertiary/aromatic N) is 2. The Bertz CT molecular complexity index is 712. The number of thiazole rings is 1. The zero-order valence-corrected chi connectivity index (χ0v) is 14.5. The molecule has 0 saturated carbocycles. The highest BCUT2D eigenvalue weighted by Gasteiger charge is 2.15. The molecule has 0 unspecified atom stereocenters. The fourth-order valence-electron chi connectivity index (χ4n) is 2.88. The zero-order valence-electron chi connectivity index (χ0n) is 13.7. The molecule has 0 spiro atoms. The highest BCUT2D eigenvalue weighted by molar-refractivity contribution is 7.09. The summed E-state index contributed by atoms with van der Waals surface area (Å²) in [6.07, 6.45) is 2.21. The van der Waals surface area contributed by atoms with Gasteiger partial charge in [0.25, 0.3) is 0 Å². The molecule has 1 aromatic carbocycles. The molecule has 2 amide bonds. The summed E-state index contributed by atoms with van der Waals surface area (Å²) in [4.78, 5) is 18.8. The molecule has 1 aromatic heterocycles. The number of carbonyl (C=O) groups excluding carboxylic acids is 1. The molecular weight excluding hydrogens is 308 g/mol. The van der Waals surface area contributed by atoms with Crippen LogP contribution in [0.5, 0.6) is 0 Å². The van der Waals surface area contributed by atoms with Crippen molar-refractivity contribution in [2.75, 3.05) is 23.8 Å². The van der Waals surface area contributed by atoms with Crippen LogP contribution in [0.2, 0.25) is 0 Å². The standard InChI is InChI=1S/C17H22N4OS/c1-11(15-10-23-12(2)19-15)18-17(22)20-14-6-7-16-13(9-14)5-4-8-21(16)3/h6-7,9-11H,4-5,8H2,1-3H3,(H2,18,20,22)/t11-/m0/s1. The molecule has 0 aliphatic carbocycles. The first kappa shape index (κ1) is 15.8. The Balaban J connectivity index is 1.64. The summed E-state index contributed by atoms with van der Waals surface area (Å²) in [5.74, 6) is 0. The van der Waals surface area contributed by atoms with Crippen molar-refractivity contribution in [3.8, 4) is 0 Å². The van der Waals surface area contributed by atoms with E-state index in [1.807, 2.05) is 25.3 Å². The summed E-state index contributed by atoms with van der Waals surface area (Å²) in [5.41, 5.74) is 4.28. The van der Waals surface area contributed by atoms with E-state index >= 15 is 0 Å². The summed E-state index contributed by atoms with van der Waals surface area (Å²) in [5, 5.41) is 8.84. The molecule has 0 fully saturated rings. The number of hydrogen-bond donors (Lipinski definition) is 2. The first-order valence-corrected chi connectivity index (χ1v) is 8.74. The minimum atomic E-state index is -0.202. The Kier molecular flexibility index (Phi) is 4.52. The van der Waals surface area contributed by atoms with Crippen molar-refractivity contribution in [3.05, 3.63) is 39.8 Å². The SMILES string of the molecule is Cc1nc([C@H](C)NC(=O)Nc2ccc3c(c2)CCCN3C)cs1. The number of urea groups is 1. The van der Waals surface area contributed by atoms with Crippen LogP contribution in [0.1, 0.15) is 35.7 Å².